The van der Waals surface area contributed by atoms with Gasteiger partial charge in [0.05, 0.1) is 12.3 Å². The standard InChI is InChI=1S/C15H16ClNO2S/c1-3-11-12(17)14(15(18)19-4-2)20-13(11)9-5-7-10(16)8-6-9/h5-8H,3-4,17H2,1-2H3. The predicted octanol–water partition coefficient (Wildman–Crippen LogP) is 4.39. The highest BCUT2D eigenvalue weighted by atomic mass is 35.5. The summed E-state index contributed by atoms with van der Waals surface area (Å²) in [7, 11) is 0. The Balaban J connectivity index is 2.50. The lowest BCUT2D eigenvalue weighted by Crippen LogP contribution is -2.05. The summed E-state index contributed by atoms with van der Waals surface area (Å²) in [4.78, 5) is 13.4. The molecular weight excluding hydrogens is 294 g/mol. The van der Waals surface area contributed by atoms with E-state index in [1.807, 2.05) is 31.2 Å². The number of anilines is 1. The number of rotatable bonds is 4. The summed E-state index contributed by atoms with van der Waals surface area (Å²) < 4.78 is 5.05. The van der Waals surface area contributed by atoms with Gasteiger partial charge >= 0.3 is 5.97 Å². The lowest BCUT2D eigenvalue weighted by Gasteiger charge is -2.02. The SMILES string of the molecule is CCOC(=O)c1sc(-c2ccc(Cl)cc2)c(CC)c1N. The predicted molar refractivity (Wildman–Crippen MR) is 84.5 cm³/mol. The highest BCUT2D eigenvalue weighted by Gasteiger charge is 2.21. The Labute approximate surface area is 127 Å². The van der Waals surface area contributed by atoms with Crippen molar-refractivity contribution in [1.82, 2.24) is 0 Å². The molecule has 0 aliphatic heterocycles. The fourth-order valence-electron chi connectivity index (χ4n) is 2.01. The van der Waals surface area contributed by atoms with Crippen LogP contribution in [0.3, 0.4) is 0 Å². The molecule has 0 aliphatic carbocycles. The normalized spacial score (nSPS) is 10.6. The molecule has 3 nitrogen and oxygen atoms in total. The first-order valence-corrected chi connectivity index (χ1v) is 7.62. The minimum Gasteiger partial charge on any atom is -0.462 e. The van der Waals surface area contributed by atoms with E-state index in [0.29, 0.717) is 22.2 Å². The number of carbonyl (C=O) groups is 1. The van der Waals surface area contributed by atoms with Gasteiger partial charge in [0, 0.05) is 9.90 Å². The first kappa shape index (κ1) is 14.9. The molecule has 0 saturated carbocycles. The Morgan fingerprint density at radius 1 is 1.30 bits per heavy atom. The van der Waals surface area contributed by atoms with Crippen LogP contribution in [0, 0.1) is 0 Å². The molecule has 20 heavy (non-hydrogen) atoms. The number of carbonyl (C=O) groups excluding carboxylic acids is 1. The van der Waals surface area contributed by atoms with Crippen molar-refractivity contribution < 1.29 is 9.53 Å². The molecule has 0 radical (unpaired) electrons. The van der Waals surface area contributed by atoms with Crippen molar-refractivity contribution in [3.8, 4) is 10.4 Å². The van der Waals surface area contributed by atoms with Crippen LogP contribution in [0.25, 0.3) is 10.4 Å². The van der Waals surface area contributed by atoms with Crippen molar-refractivity contribution in [1.29, 1.82) is 0 Å². The topological polar surface area (TPSA) is 52.3 Å². The van der Waals surface area contributed by atoms with Crippen LogP contribution in [0.15, 0.2) is 24.3 Å². The Bertz CT molecular complexity index is 620. The second kappa shape index (κ2) is 6.29. The minimum atomic E-state index is -0.357. The lowest BCUT2D eigenvalue weighted by atomic mass is 10.1. The van der Waals surface area contributed by atoms with E-state index in [1.54, 1.807) is 6.92 Å². The third kappa shape index (κ3) is 2.81. The zero-order chi connectivity index (χ0) is 14.7. The van der Waals surface area contributed by atoms with E-state index in [4.69, 9.17) is 22.1 Å². The fraction of sp³-hybridized carbons (Fsp3) is 0.267. The molecule has 0 atom stereocenters. The molecule has 0 spiro atoms. The molecule has 0 aliphatic rings. The van der Waals surface area contributed by atoms with Crippen molar-refractivity contribution in [3.05, 3.63) is 39.7 Å². The van der Waals surface area contributed by atoms with Gasteiger partial charge in [0.25, 0.3) is 0 Å². The van der Waals surface area contributed by atoms with Crippen molar-refractivity contribution in [2.45, 2.75) is 20.3 Å². The third-order valence-corrected chi connectivity index (χ3v) is 4.50. The van der Waals surface area contributed by atoms with Gasteiger partial charge < -0.3 is 10.5 Å². The van der Waals surface area contributed by atoms with Gasteiger partial charge in [0.15, 0.2) is 0 Å². The first-order valence-electron chi connectivity index (χ1n) is 6.42. The van der Waals surface area contributed by atoms with Crippen LogP contribution in [0.1, 0.15) is 29.1 Å². The maximum absolute atomic E-state index is 11.9. The summed E-state index contributed by atoms with van der Waals surface area (Å²) in [5.41, 5.74) is 8.62. The number of ether oxygens (including phenoxy) is 1. The number of hydrogen-bond donors (Lipinski definition) is 1. The number of nitrogen functional groups attached to an aromatic ring is 1. The van der Waals surface area contributed by atoms with Crippen LogP contribution in [-0.4, -0.2) is 12.6 Å². The zero-order valence-corrected chi connectivity index (χ0v) is 13.0. The highest BCUT2D eigenvalue weighted by molar-refractivity contribution is 7.18. The van der Waals surface area contributed by atoms with Crippen LogP contribution in [0.5, 0.6) is 0 Å². The summed E-state index contributed by atoms with van der Waals surface area (Å²) in [6.45, 7) is 4.14. The van der Waals surface area contributed by atoms with E-state index in [2.05, 4.69) is 0 Å². The van der Waals surface area contributed by atoms with Gasteiger partial charge in [-0.2, -0.15) is 0 Å². The highest BCUT2D eigenvalue weighted by Crippen LogP contribution is 2.39. The van der Waals surface area contributed by atoms with E-state index in [-0.39, 0.29) is 5.97 Å². The zero-order valence-electron chi connectivity index (χ0n) is 11.4. The maximum Gasteiger partial charge on any atom is 0.350 e. The maximum atomic E-state index is 11.9. The van der Waals surface area contributed by atoms with Crippen LogP contribution in [0.2, 0.25) is 5.02 Å². The van der Waals surface area contributed by atoms with Crippen LogP contribution in [-0.2, 0) is 11.2 Å². The van der Waals surface area contributed by atoms with Crippen LogP contribution >= 0.6 is 22.9 Å². The number of hydrogen-bond acceptors (Lipinski definition) is 4. The van der Waals surface area contributed by atoms with Crippen LogP contribution < -0.4 is 5.73 Å². The average Bonchev–Trinajstić information content (AvgIpc) is 2.77. The molecule has 2 N–H and O–H groups in total. The van der Waals surface area contributed by atoms with Gasteiger partial charge in [-0.15, -0.1) is 11.3 Å². The molecule has 0 amide bonds. The molecular formula is C15H16ClNO2S. The molecule has 106 valence electrons. The second-order valence-electron chi connectivity index (χ2n) is 4.23. The molecule has 1 aromatic heterocycles. The minimum absolute atomic E-state index is 0.341. The quantitative estimate of drug-likeness (QED) is 0.852. The number of benzene rings is 1. The smallest absolute Gasteiger partial charge is 0.350 e. The third-order valence-electron chi connectivity index (χ3n) is 2.97. The Morgan fingerprint density at radius 2 is 1.95 bits per heavy atom. The Morgan fingerprint density at radius 3 is 2.50 bits per heavy atom. The van der Waals surface area contributed by atoms with E-state index < -0.39 is 0 Å². The number of esters is 1. The average molecular weight is 310 g/mol. The Hall–Kier alpha value is -1.52. The van der Waals surface area contributed by atoms with Crippen molar-refractivity contribution in [3.63, 3.8) is 0 Å². The number of thiophene rings is 1. The van der Waals surface area contributed by atoms with Crippen LogP contribution in [0.4, 0.5) is 5.69 Å². The monoisotopic (exact) mass is 309 g/mol. The van der Waals surface area contributed by atoms with E-state index in [1.165, 1.54) is 11.3 Å². The summed E-state index contributed by atoms with van der Waals surface area (Å²) in [5.74, 6) is -0.357. The van der Waals surface area contributed by atoms with Gasteiger partial charge in [-0.3, -0.25) is 0 Å². The first-order chi connectivity index (χ1) is 9.58. The molecule has 0 saturated heterocycles. The van der Waals surface area contributed by atoms with Crippen molar-refractivity contribution in [2.75, 3.05) is 12.3 Å². The lowest BCUT2D eigenvalue weighted by molar-refractivity contribution is 0.0533. The van der Waals surface area contributed by atoms with Crippen molar-refractivity contribution in [2.24, 2.45) is 0 Å². The van der Waals surface area contributed by atoms with Gasteiger partial charge in [0.1, 0.15) is 4.88 Å². The molecule has 0 unspecified atom stereocenters. The summed E-state index contributed by atoms with van der Waals surface area (Å²) in [6.07, 6.45) is 0.764. The summed E-state index contributed by atoms with van der Waals surface area (Å²) >= 11 is 7.28. The molecule has 1 heterocycles. The molecule has 0 bridgehead atoms. The van der Waals surface area contributed by atoms with E-state index in [0.717, 1.165) is 22.4 Å². The van der Waals surface area contributed by atoms with E-state index >= 15 is 0 Å². The molecule has 2 aromatic rings. The molecule has 1 aromatic carbocycles. The van der Waals surface area contributed by atoms with Crippen molar-refractivity contribution >= 4 is 34.6 Å². The largest absolute Gasteiger partial charge is 0.462 e. The number of nitrogens with two attached hydrogens (primary N) is 1. The van der Waals surface area contributed by atoms with E-state index in [9.17, 15) is 4.79 Å². The van der Waals surface area contributed by atoms with Gasteiger partial charge in [-0.25, -0.2) is 4.79 Å². The Kier molecular flexibility index (Phi) is 4.68. The second-order valence-corrected chi connectivity index (χ2v) is 5.69. The fourth-order valence-corrected chi connectivity index (χ4v) is 3.35. The summed E-state index contributed by atoms with van der Waals surface area (Å²) in [6, 6.07) is 7.52. The summed E-state index contributed by atoms with van der Waals surface area (Å²) in [5, 5.41) is 0.682. The van der Waals surface area contributed by atoms with Gasteiger partial charge in [-0.1, -0.05) is 30.7 Å². The molecule has 5 heteroatoms. The van der Waals surface area contributed by atoms with Gasteiger partial charge in [-0.05, 0) is 36.6 Å². The molecule has 0 fully saturated rings. The van der Waals surface area contributed by atoms with Gasteiger partial charge in [0.2, 0.25) is 0 Å². The molecule has 2 rings (SSSR count). The number of halogens is 1.